The van der Waals surface area contributed by atoms with Gasteiger partial charge in [0.2, 0.25) is 0 Å². The van der Waals surface area contributed by atoms with Crippen LogP contribution < -0.4 is 5.32 Å². The van der Waals surface area contributed by atoms with Crippen LogP contribution in [0.4, 0.5) is 4.79 Å². The van der Waals surface area contributed by atoms with E-state index in [2.05, 4.69) is 11.9 Å². The molecule has 0 heterocycles. The summed E-state index contributed by atoms with van der Waals surface area (Å²) >= 11 is 0. The molecule has 0 spiro atoms. The number of aliphatic hydroxyl groups is 1. The molecule has 2 N–H and O–H groups in total. The highest BCUT2D eigenvalue weighted by molar-refractivity contribution is 5.67. The highest BCUT2D eigenvalue weighted by Crippen LogP contribution is 2.12. The Hall–Kier alpha value is -1.03. The molecule has 0 aliphatic carbocycles. The summed E-state index contributed by atoms with van der Waals surface area (Å²) in [5.41, 5.74) is -0.826. The van der Waals surface area contributed by atoms with E-state index in [1.807, 2.05) is 13.8 Å². The van der Waals surface area contributed by atoms with Gasteiger partial charge in [0.05, 0.1) is 5.60 Å². The molecular weight excluding hydrogens is 182 g/mol. The van der Waals surface area contributed by atoms with Crippen LogP contribution in [0.1, 0.15) is 26.7 Å². The lowest BCUT2D eigenvalue weighted by molar-refractivity contribution is 0.0315. The standard InChI is InChI=1S/C10H19NO3/c1-4-7-14-9(12)11-8-10(13,5-2)6-3/h4,13H,1,5-8H2,2-3H3,(H,11,12). The predicted octanol–water partition coefficient (Wildman–Crippen LogP) is 1.45. The Labute approximate surface area is 85.0 Å². The van der Waals surface area contributed by atoms with Crippen LogP contribution in [0, 0.1) is 0 Å². The molecule has 0 unspecified atom stereocenters. The maximum Gasteiger partial charge on any atom is 0.407 e. The van der Waals surface area contributed by atoms with Crippen molar-refractivity contribution >= 4 is 6.09 Å². The second kappa shape index (κ2) is 6.43. The van der Waals surface area contributed by atoms with Crippen molar-refractivity contribution < 1.29 is 14.6 Å². The molecule has 0 saturated carbocycles. The van der Waals surface area contributed by atoms with Crippen molar-refractivity contribution in [3.05, 3.63) is 12.7 Å². The van der Waals surface area contributed by atoms with Crippen molar-refractivity contribution in [3.8, 4) is 0 Å². The number of alkyl carbamates (subject to hydrolysis) is 1. The fourth-order valence-corrected chi connectivity index (χ4v) is 0.922. The van der Waals surface area contributed by atoms with E-state index in [4.69, 9.17) is 4.74 Å². The molecule has 14 heavy (non-hydrogen) atoms. The third-order valence-electron chi connectivity index (χ3n) is 2.21. The van der Waals surface area contributed by atoms with Crippen LogP contribution >= 0.6 is 0 Å². The van der Waals surface area contributed by atoms with Crippen molar-refractivity contribution in [1.82, 2.24) is 5.32 Å². The topological polar surface area (TPSA) is 58.6 Å². The van der Waals surface area contributed by atoms with E-state index >= 15 is 0 Å². The van der Waals surface area contributed by atoms with Gasteiger partial charge in [-0.2, -0.15) is 0 Å². The number of ether oxygens (including phenoxy) is 1. The molecule has 0 atom stereocenters. The number of nitrogens with one attached hydrogen (secondary N) is 1. The zero-order chi connectivity index (χ0) is 11.0. The first-order valence-corrected chi connectivity index (χ1v) is 4.82. The van der Waals surface area contributed by atoms with Crippen LogP contribution in [0.15, 0.2) is 12.7 Å². The zero-order valence-corrected chi connectivity index (χ0v) is 8.88. The summed E-state index contributed by atoms with van der Waals surface area (Å²) in [6, 6.07) is 0. The minimum atomic E-state index is -0.826. The second-order valence-electron chi connectivity index (χ2n) is 3.17. The molecule has 82 valence electrons. The molecular formula is C10H19NO3. The first-order valence-electron chi connectivity index (χ1n) is 4.82. The van der Waals surface area contributed by atoms with Crippen molar-refractivity contribution in [1.29, 1.82) is 0 Å². The Balaban J connectivity index is 3.79. The molecule has 1 amide bonds. The van der Waals surface area contributed by atoms with E-state index in [0.717, 1.165) is 0 Å². The average molecular weight is 201 g/mol. The third-order valence-corrected chi connectivity index (χ3v) is 2.21. The van der Waals surface area contributed by atoms with Gasteiger partial charge in [-0.05, 0) is 12.8 Å². The lowest BCUT2D eigenvalue weighted by atomic mass is 9.98. The molecule has 0 aliphatic heterocycles. The minimum Gasteiger partial charge on any atom is -0.445 e. The van der Waals surface area contributed by atoms with E-state index < -0.39 is 11.7 Å². The van der Waals surface area contributed by atoms with Crippen LogP contribution in [-0.4, -0.2) is 30.0 Å². The minimum absolute atomic E-state index is 0.183. The second-order valence-corrected chi connectivity index (χ2v) is 3.17. The first-order chi connectivity index (χ1) is 6.58. The van der Waals surface area contributed by atoms with Crippen molar-refractivity contribution in [2.75, 3.05) is 13.2 Å². The summed E-state index contributed by atoms with van der Waals surface area (Å²) in [6.07, 6.45) is 2.17. The van der Waals surface area contributed by atoms with Gasteiger partial charge in [0.25, 0.3) is 0 Å². The molecule has 4 nitrogen and oxygen atoms in total. The Morgan fingerprint density at radius 3 is 2.57 bits per heavy atom. The number of rotatable bonds is 6. The Kier molecular flexibility index (Phi) is 5.95. The van der Waals surface area contributed by atoms with Gasteiger partial charge in [0.15, 0.2) is 0 Å². The molecule has 0 aliphatic rings. The van der Waals surface area contributed by atoms with Crippen molar-refractivity contribution in [2.24, 2.45) is 0 Å². The molecule has 0 aromatic rings. The Morgan fingerprint density at radius 2 is 2.14 bits per heavy atom. The van der Waals surface area contributed by atoms with E-state index in [1.165, 1.54) is 6.08 Å². The first kappa shape index (κ1) is 13.0. The highest BCUT2D eigenvalue weighted by Gasteiger charge is 2.22. The number of amides is 1. The third kappa shape index (κ3) is 4.87. The van der Waals surface area contributed by atoms with Crippen LogP contribution in [-0.2, 0) is 4.74 Å². The summed E-state index contributed by atoms with van der Waals surface area (Å²) in [5, 5.41) is 12.3. The van der Waals surface area contributed by atoms with Gasteiger partial charge in [-0.25, -0.2) is 4.79 Å². The Bertz CT molecular complexity index is 188. The number of carbonyl (C=O) groups excluding carboxylic acids is 1. The summed E-state index contributed by atoms with van der Waals surface area (Å²) in [5.74, 6) is 0. The lowest BCUT2D eigenvalue weighted by Gasteiger charge is -2.24. The maximum atomic E-state index is 11.0. The van der Waals surface area contributed by atoms with Crippen LogP contribution in [0.3, 0.4) is 0 Å². The zero-order valence-electron chi connectivity index (χ0n) is 8.88. The van der Waals surface area contributed by atoms with Gasteiger partial charge in [-0.3, -0.25) is 0 Å². The fraction of sp³-hybridized carbons (Fsp3) is 0.700. The molecule has 0 rings (SSSR count). The number of hydrogen-bond acceptors (Lipinski definition) is 3. The predicted molar refractivity (Wildman–Crippen MR) is 55.1 cm³/mol. The summed E-state index contributed by atoms with van der Waals surface area (Å²) in [4.78, 5) is 11.0. The summed E-state index contributed by atoms with van der Waals surface area (Å²) in [6.45, 7) is 7.57. The smallest absolute Gasteiger partial charge is 0.407 e. The van der Waals surface area contributed by atoms with Gasteiger partial charge >= 0.3 is 6.09 Å². The van der Waals surface area contributed by atoms with Crippen LogP contribution in [0.25, 0.3) is 0 Å². The highest BCUT2D eigenvalue weighted by atomic mass is 16.5. The molecule has 0 aromatic carbocycles. The van der Waals surface area contributed by atoms with E-state index in [0.29, 0.717) is 12.8 Å². The van der Waals surface area contributed by atoms with E-state index in [-0.39, 0.29) is 13.2 Å². The van der Waals surface area contributed by atoms with Gasteiger partial charge < -0.3 is 15.2 Å². The van der Waals surface area contributed by atoms with E-state index in [1.54, 1.807) is 0 Å². The van der Waals surface area contributed by atoms with Gasteiger partial charge in [0, 0.05) is 6.54 Å². The van der Waals surface area contributed by atoms with E-state index in [9.17, 15) is 9.90 Å². The average Bonchev–Trinajstić information content (AvgIpc) is 2.23. The molecule has 0 saturated heterocycles. The van der Waals surface area contributed by atoms with Crippen LogP contribution in [0.2, 0.25) is 0 Å². The van der Waals surface area contributed by atoms with Crippen molar-refractivity contribution in [3.63, 3.8) is 0 Å². The quantitative estimate of drug-likeness (QED) is 0.639. The SMILES string of the molecule is C=CCOC(=O)NCC(O)(CC)CC. The Morgan fingerprint density at radius 1 is 1.57 bits per heavy atom. The lowest BCUT2D eigenvalue weighted by Crippen LogP contribution is -2.42. The molecule has 0 bridgehead atoms. The molecule has 0 aromatic heterocycles. The maximum absolute atomic E-state index is 11.0. The molecule has 0 fully saturated rings. The van der Waals surface area contributed by atoms with Gasteiger partial charge in [-0.1, -0.05) is 26.5 Å². The number of carbonyl (C=O) groups is 1. The monoisotopic (exact) mass is 201 g/mol. The van der Waals surface area contributed by atoms with Crippen molar-refractivity contribution in [2.45, 2.75) is 32.3 Å². The number of hydrogen-bond donors (Lipinski definition) is 2. The normalized spacial score (nSPS) is 10.8. The summed E-state index contributed by atoms with van der Waals surface area (Å²) in [7, 11) is 0. The molecule has 4 heteroatoms. The van der Waals surface area contributed by atoms with Gasteiger partial charge in [-0.15, -0.1) is 0 Å². The fourth-order valence-electron chi connectivity index (χ4n) is 0.922. The largest absolute Gasteiger partial charge is 0.445 e. The van der Waals surface area contributed by atoms with Crippen LogP contribution in [0.5, 0.6) is 0 Å². The van der Waals surface area contributed by atoms with Gasteiger partial charge in [0.1, 0.15) is 6.61 Å². The summed E-state index contributed by atoms with van der Waals surface area (Å²) < 4.78 is 4.70. The molecule has 0 radical (unpaired) electrons.